The molecule has 1 aromatic carbocycles. The smallest absolute Gasteiger partial charge is 0.137 e. The van der Waals surface area contributed by atoms with E-state index in [1.54, 1.807) is 0 Å². The van der Waals surface area contributed by atoms with E-state index in [1.807, 2.05) is 30.9 Å². The van der Waals surface area contributed by atoms with E-state index in [0.717, 1.165) is 11.3 Å². The molecule has 0 fully saturated rings. The van der Waals surface area contributed by atoms with Crippen molar-refractivity contribution in [1.29, 1.82) is 0 Å². The highest BCUT2D eigenvalue weighted by molar-refractivity contribution is 5.81. The molecule has 0 saturated carbocycles. The molecule has 0 aliphatic carbocycles. The summed E-state index contributed by atoms with van der Waals surface area (Å²) in [7, 11) is 0. The molecular weight excluding hydrogens is 282 g/mol. The van der Waals surface area contributed by atoms with Crippen molar-refractivity contribution < 1.29 is 0 Å². The first kappa shape index (κ1) is 13.7. The summed E-state index contributed by atoms with van der Waals surface area (Å²) in [5, 5.41) is 1.17. The SMILES string of the molecule is Cc1cccc(C)c1-c1ccnc(-n2ccc3ccncc32)c1. The lowest BCUT2D eigenvalue weighted by molar-refractivity contribution is 1.04. The van der Waals surface area contributed by atoms with Crippen LogP contribution in [-0.2, 0) is 0 Å². The molecule has 0 amide bonds. The standard InChI is InChI=1S/C20H17N3/c1-14-4-3-5-15(2)20(14)17-7-10-22-19(12-17)23-11-8-16-6-9-21-13-18(16)23/h3-13H,1-2H3. The topological polar surface area (TPSA) is 30.7 Å². The van der Waals surface area contributed by atoms with Crippen LogP contribution in [0.3, 0.4) is 0 Å². The first-order chi connectivity index (χ1) is 11.2. The predicted molar refractivity (Wildman–Crippen MR) is 93.8 cm³/mol. The Hall–Kier alpha value is -2.94. The van der Waals surface area contributed by atoms with E-state index in [4.69, 9.17) is 0 Å². The Labute approximate surface area is 135 Å². The number of aryl methyl sites for hydroxylation is 2. The van der Waals surface area contributed by atoms with Crippen molar-refractivity contribution in [1.82, 2.24) is 14.5 Å². The molecule has 4 aromatic rings. The number of pyridine rings is 2. The van der Waals surface area contributed by atoms with Crippen molar-refractivity contribution in [3.8, 4) is 16.9 Å². The maximum atomic E-state index is 4.55. The third kappa shape index (κ3) is 2.30. The second-order valence-electron chi connectivity index (χ2n) is 5.79. The second kappa shape index (κ2) is 5.36. The first-order valence-electron chi connectivity index (χ1n) is 7.68. The largest absolute Gasteiger partial charge is 0.300 e. The van der Waals surface area contributed by atoms with Crippen LogP contribution in [0.1, 0.15) is 11.1 Å². The number of aromatic nitrogens is 3. The number of rotatable bonds is 2. The molecule has 3 nitrogen and oxygen atoms in total. The predicted octanol–water partition coefficient (Wildman–Crippen LogP) is 4.70. The van der Waals surface area contributed by atoms with Gasteiger partial charge in [0.15, 0.2) is 0 Å². The lowest BCUT2D eigenvalue weighted by atomic mass is 9.96. The average molecular weight is 299 g/mol. The monoisotopic (exact) mass is 299 g/mol. The molecule has 3 aromatic heterocycles. The van der Waals surface area contributed by atoms with Gasteiger partial charge in [0, 0.05) is 24.0 Å². The molecule has 0 aliphatic heterocycles. The van der Waals surface area contributed by atoms with Crippen LogP contribution in [0.4, 0.5) is 0 Å². The van der Waals surface area contributed by atoms with Crippen LogP contribution in [0, 0.1) is 13.8 Å². The number of nitrogens with zero attached hydrogens (tertiary/aromatic N) is 3. The Morgan fingerprint density at radius 3 is 2.57 bits per heavy atom. The fraction of sp³-hybridized carbons (Fsp3) is 0.100. The van der Waals surface area contributed by atoms with Gasteiger partial charge in [-0.1, -0.05) is 18.2 Å². The van der Waals surface area contributed by atoms with Crippen molar-refractivity contribution in [2.24, 2.45) is 0 Å². The zero-order valence-corrected chi connectivity index (χ0v) is 13.2. The number of fused-ring (bicyclic) bond motifs is 1. The highest BCUT2D eigenvalue weighted by Gasteiger charge is 2.09. The van der Waals surface area contributed by atoms with E-state index < -0.39 is 0 Å². The summed E-state index contributed by atoms with van der Waals surface area (Å²) in [6.07, 6.45) is 7.61. The van der Waals surface area contributed by atoms with Gasteiger partial charge in [0.25, 0.3) is 0 Å². The molecule has 3 heteroatoms. The van der Waals surface area contributed by atoms with Gasteiger partial charge in [0.2, 0.25) is 0 Å². The summed E-state index contributed by atoms with van der Waals surface area (Å²) in [6.45, 7) is 4.30. The van der Waals surface area contributed by atoms with Crippen LogP contribution in [-0.4, -0.2) is 14.5 Å². The summed E-state index contributed by atoms with van der Waals surface area (Å²) in [5.41, 5.74) is 6.10. The maximum absolute atomic E-state index is 4.55. The minimum Gasteiger partial charge on any atom is -0.300 e. The molecule has 0 saturated heterocycles. The van der Waals surface area contributed by atoms with Gasteiger partial charge in [0.1, 0.15) is 5.82 Å². The average Bonchev–Trinajstić information content (AvgIpc) is 2.99. The van der Waals surface area contributed by atoms with Crippen LogP contribution >= 0.6 is 0 Å². The molecule has 112 valence electrons. The van der Waals surface area contributed by atoms with E-state index in [1.165, 1.54) is 27.6 Å². The van der Waals surface area contributed by atoms with Crippen LogP contribution in [0.25, 0.3) is 27.8 Å². The molecule has 0 aliphatic rings. The first-order valence-corrected chi connectivity index (χ1v) is 7.68. The molecule has 0 radical (unpaired) electrons. The molecular formula is C20H17N3. The van der Waals surface area contributed by atoms with E-state index in [0.29, 0.717) is 0 Å². The molecule has 3 heterocycles. The van der Waals surface area contributed by atoms with Gasteiger partial charge in [-0.3, -0.25) is 9.55 Å². The van der Waals surface area contributed by atoms with Crippen LogP contribution in [0.2, 0.25) is 0 Å². The third-order valence-corrected chi connectivity index (χ3v) is 4.26. The number of hydrogen-bond acceptors (Lipinski definition) is 2. The van der Waals surface area contributed by atoms with Crippen LogP contribution in [0.15, 0.2) is 67.3 Å². The van der Waals surface area contributed by atoms with Gasteiger partial charge in [0.05, 0.1) is 11.7 Å². The Morgan fingerprint density at radius 2 is 1.74 bits per heavy atom. The van der Waals surface area contributed by atoms with Crippen molar-refractivity contribution in [3.63, 3.8) is 0 Å². The summed E-state index contributed by atoms with van der Waals surface area (Å²) in [6, 6.07) is 14.7. The second-order valence-corrected chi connectivity index (χ2v) is 5.79. The molecule has 0 spiro atoms. The fourth-order valence-electron chi connectivity index (χ4n) is 3.15. The maximum Gasteiger partial charge on any atom is 0.137 e. The molecule has 0 N–H and O–H groups in total. The Balaban J connectivity index is 1.90. The Kier molecular flexibility index (Phi) is 3.19. The van der Waals surface area contributed by atoms with E-state index >= 15 is 0 Å². The van der Waals surface area contributed by atoms with Gasteiger partial charge in [-0.05, 0) is 60.4 Å². The van der Waals surface area contributed by atoms with Gasteiger partial charge in [-0.15, -0.1) is 0 Å². The lowest BCUT2D eigenvalue weighted by Gasteiger charge is -2.12. The van der Waals surface area contributed by atoms with Crippen molar-refractivity contribution >= 4 is 10.9 Å². The highest BCUT2D eigenvalue weighted by atomic mass is 15.1. The van der Waals surface area contributed by atoms with E-state index in [9.17, 15) is 0 Å². The van der Waals surface area contributed by atoms with Gasteiger partial charge < -0.3 is 0 Å². The zero-order chi connectivity index (χ0) is 15.8. The van der Waals surface area contributed by atoms with Crippen LogP contribution in [0.5, 0.6) is 0 Å². The molecule has 0 bridgehead atoms. The van der Waals surface area contributed by atoms with Gasteiger partial charge in [-0.2, -0.15) is 0 Å². The van der Waals surface area contributed by atoms with Crippen molar-refractivity contribution in [3.05, 3.63) is 78.4 Å². The fourth-order valence-corrected chi connectivity index (χ4v) is 3.15. The lowest BCUT2D eigenvalue weighted by Crippen LogP contribution is -1.97. The molecule has 23 heavy (non-hydrogen) atoms. The number of hydrogen-bond donors (Lipinski definition) is 0. The molecule has 4 rings (SSSR count). The summed E-state index contributed by atoms with van der Waals surface area (Å²) >= 11 is 0. The van der Waals surface area contributed by atoms with Crippen molar-refractivity contribution in [2.75, 3.05) is 0 Å². The zero-order valence-electron chi connectivity index (χ0n) is 13.2. The summed E-state index contributed by atoms with van der Waals surface area (Å²) < 4.78 is 2.08. The highest BCUT2D eigenvalue weighted by Crippen LogP contribution is 2.28. The quantitative estimate of drug-likeness (QED) is 0.537. The van der Waals surface area contributed by atoms with Gasteiger partial charge >= 0.3 is 0 Å². The Bertz CT molecular complexity index is 978. The summed E-state index contributed by atoms with van der Waals surface area (Å²) in [5.74, 6) is 0.910. The minimum absolute atomic E-state index is 0.910. The van der Waals surface area contributed by atoms with E-state index in [-0.39, 0.29) is 0 Å². The van der Waals surface area contributed by atoms with Crippen molar-refractivity contribution in [2.45, 2.75) is 13.8 Å². The summed E-state index contributed by atoms with van der Waals surface area (Å²) in [4.78, 5) is 8.78. The Morgan fingerprint density at radius 1 is 0.913 bits per heavy atom. The molecule has 0 unspecified atom stereocenters. The van der Waals surface area contributed by atoms with E-state index in [2.05, 4.69) is 64.8 Å². The number of benzene rings is 1. The third-order valence-electron chi connectivity index (χ3n) is 4.26. The normalized spacial score (nSPS) is 11.0. The van der Waals surface area contributed by atoms with Gasteiger partial charge in [-0.25, -0.2) is 4.98 Å². The van der Waals surface area contributed by atoms with Crippen LogP contribution < -0.4 is 0 Å². The minimum atomic E-state index is 0.910. The molecule has 0 atom stereocenters.